The van der Waals surface area contributed by atoms with Gasteiger partial charge in [-0.1, -0.05) is 48.5 Å². The minimum absolute atomic E-state index is 0.0131. The Hall–Kier alpha value is -4.24. The Kier molecular flexibility index (Phi) is 5.22. The van der Waals surface area contributed by atoms with E-state index in [1.54, 1.807) is 18.3 Å². The third kappa shape index (κ3) is 3.77. The van der Waals surface area contributed by atoms with Gasteiger partial charge < -0.3 is 9.80 Å². The lowest BCUT2D eigenvalue weighted by atomic mass is 10.0. The third-order valence-electron chi connectivity index (χ3n) is 5.78. The van der Waals surface area contributed by atoms with Gasteiger partial charge in [0.05, 0.1) is 28.4 Å². The number of nitrogens with zero attached hydrogens (tertiary/aromatic N) is 5. The molecule has 6 nitrogen and oxygen atoms in total. The summed E-state index contributed by atoms with van der Waals surface area (Å²) in [5.41, 5.74) is 3.86. The lowest BCUT2D eigenvalue weighted by Crippen LogP contribution is -2.49. The van der Waals surface area contributed by atoms with E-state index >= 15 is 0 Å². The van der Waals surface area contributed by atoms with Gasteiger partial charge in [0.15, 0.2) is 0 Å². The molecule has 0 saturated carbocycles. The van der Waals surface area contributed by atoms with Crippen LogP contribution in [0.4, 0.5) is 5.82 Å². The number of carbonyl (C=O) groups is 1. The van der Waals surface area contributed by atoms with Crippen molar-refractivity contribution in [1.82, 2.24) is 14.9 Å². The van der Waals surface area contributed by atoms with Crippen molar-refractivity contribution in [1.29, 1.82) is 5.26 Å². The van der Waals surface area contributed by atoms with Crippen molar-refractivity contribution in [3.05, 3.63) is 90.1 Å². The summed E-state index contributed by atoms with van der Waals surface area (Å²) in [6.45, 7) is 2.52. The van der Waals surface area contributed by atoms with Gasteiger partial charge in [-0.25, -0.2) is 9.97 Å². The first-order valence-corrected chi connectivity index (χ1v) is 10.6. The summed E-state index contributed by atoms with van der Waals surface area (Å²) in [4.78, 5) is 26.7. The highest BCUT2D eigenvalue weighted by Crippen LogP contribution is 2.26. The van der Waals surface area contributed by atoms with Gasteiger partial charge in [-0.05, 0) is 24.3 Å². The molecule has 5 rings (SSSR count). The number of carbonyl (C=O) groups excluding carboxylic acids is 1. The molecule has 1 aliphatic rings. The van der Waals surface area contributed by atoms with E-state index in [9.17, 15) is 4.79 Å². The normalized spacial score (nSPS) is 13.7. The van der Waals surface area contributed by atoms with Gasteiger partial charge in [0, 0.05) is 43.3 Å². The van der Waals surface area contributed by atoms with E-state index in [1.165, 1.54) is 0 Å². The highest BCUT2D eigenvalue weighted by Gasteiger charge is 2.25. The van der Waals surface area contributed by atoms with Crippen LogP contribution in [-0.4, -0.2) is 47.0 Å². The van der Waals surface area contributed by atoms with E-state index in [0.717, 1.165) is 28.0 Å². The zero-order chi connectivity index (χ0) is 21.9. The van der Waals surface area contributed by atoms with Crippen molar-refractivity contribution in [2.75, 3.05) is 31.1 Å². The Labute approximate surface area is 186 Å². The lowest BCUT2D eigenvalue weighted by Gasteiger charge is -2.35. The summed E-state index contributed by atoms with van der Waals surface area (Å²) in [6, 6.07) is 25.3. The molecule has 0 atom stereocenters. The van der Waals surface area contributed by atoms with Crippen molar-refractivity contribution in [2.45, 2.75) is 0 Å². The Morgan fingerprint density at radius 2 is 1.66 bits per heavy atom. The number of hydrogen-bond donors (Lipinski definition) is 0. The fourth-order valence-corrected chi connectivity index (χ4v) is 4.08. The van der Waals surface area contributed by atoms with E-state index < -0.39 is 0 Å². The van der Waals surface area contributed by atoms with Crippen LogP contribution in [0.25, 0.3) is 22.2 Å². The van der Waals surface area contributed by atoms with Crippen molar-refractivity contribution >= 4 is 22.6 Å². The Morgan fingerprint density at radius 1 is 0.906 bits per heavy atom. The number of pyridine rings is 2. The topological polar surface area (TPSA) is 73.1 Å². The quantitative estimate of drug-likeness (QED) is 0.499. The minimum Gasteiger partial charge on any atom is -0.353 e. The molecule has 32 heavy (non-hydrogen) atoms. The second-order valence-corrected chi connectivity index (χ2v) is 7.73. The Bertz CT molecular complexity index is 1320. The third-order valence-corrected chi connectivity index (χ3v) is 5.78. The molecule has 0 unspecified atom stereocenters. The first-order valence-electron chi connectivity index (χ1n) is 10.6. The van der Waals surface area contributed by atoms with Gasteiger partial charge >= 0.3 is 0 Å². The average molecular weight is 419 g/mol. The van der Waals surface area contributed by atoms with Crippen LogP contribution < -0.4 is 4.90 Å². The van der Waals surface area contributed by atoms with Crippen molar-refractivity contribution in [2.24, 2.45) is 0 Å². The second kappa shape index (κ2) is 8.48. The van der Waals surface area contributed by atoms with E-state index in [-0.39, 0.29) is 5.91 Å². The molecule has 1 saturated heterocycles. The van der Waals surface area contributed by atoms with Crippen LogP contribution in [0.1, 0.15) is 15.9 Å². The molecule has 0 N–H and O–H groups in total. The molecule has 2 aromatic carbocycles. The Balaban J connectivity index is 1.42. The predicted molar refractivity (Wildman–Crippen MR) is 124 cm³/mol. The van der Waals surface area contributed by atoms with Gasteiger partial charge in [0.1, 0.15) is 5.82 Å². The number of aromatic nitrogens is 2. The zero-order valence-electron chi connectivity index (χ0n) is 17.5. The molecule has 3 heterocycles. The summed E-state index contributed by atoms with van der Waals surface area (Å²) in [6.07, 6.45) is 1.65. The van der Waals surface area contributed by atoms with Crippen LogP contribution in [0, 0.1) is 11.3 Å². The molecule has 1 amide bonds. The van der Waals surface area contributed by atoms with Crippen LogP contribution in [0.2, 0.25) is 0 Å². The summed E-state index contributed by atoms with van der Waals surface area (Å²) in [7, 11) is 0. The van der Waals surface area contributed by atoms with Gasteiger partial charge in [0.25, 0.3) is 5.91 Å². The molecular formula is C26H21N5O. The molecule has 4 aromatic rings. The number of rotatable bonds is 3. The molecule has 1 fully saturated rings. The van der Waals surface area contributed by atoms with E-state index in [0.29, 0.717) is 37.3 Å². The van der Waals surface area contributed by atoms with Crippen LogP contribution >= 0.6 is 0 Å². The molecule has 0 radical (unpaired) electrons. The number of anilines is 1. The number of fused-ring (bicyclic) bond motifs is 1. The van der Waals surface area contributed by atoms with E-state index in [4.69, 9.17) is 10.2 Å². The second-order valence-electron chi connectivity index (χ2n) is 7.73. The minimum atomic E-state index is 0.0131. The zero-order valence-corrected chi connectivity index (χ0v) is 17.5. The maximum Gasteiger partial charge on any atom is 0.254 e. The average Bonchev–Trinajstić information content (AvgIpc) is 2.88. The number of nitriles is 1. The highest BCUT2D eigenvalue weighted by atomic mass is 16.2. The van der Waals surface area contributed by atoms with Gasteiger partial charge in [0.2, 0.25) is 0 Å². The monoisotopic (exact) mass is 419 g/mol. The SMILES string of the molecule is N#Cc1ccnc(N2CCN(C(=O)c3cc(-c4ccccc4)nc4ccccc34)CC2)c1. The molecule has 1 aliphatic heterocycles. The molecule has 0 bridgehead atoms. The maximum absolute atomic E-state index is 13.6. The van der Waals surface area contributed by atoms with Crippen molar-refractivity contribution in [3.63, 3.8) is 0 Å². The van der Waals surface area contributed by atoms with Crippen LogP contribution in [0.15, 0.2) is 79.0 Å². The first-order chi connectivity index (χ1) is 15.7. The number of amides is 1. The van der Waals surface area contributed by atoms with Crippen molar-refractivity contribution < 1.29 is 4.79 Å². The summed E-state index contributed by atoms with van der Waals surface area (Å²) >= 11 is 0. The van der Waals surface area contributed by atoms with Crippen LogP contribution in [-0.2, 0) is 0 Å². The summed E-state index contributed by atoms with van der Waals surface area (Å²) in [5, 5.41) is 10.0. The molecule has 6 heteroatoms. The molecule has 2 aromatic heterocycles. The largest absolute Gasteiger partial charge is 0.353 e. The van der Waals surface area contributed by atoms with Gasteiger partial charge in [-0.15, -0.1) is 0 Å². The lowest BCUT2D eigenvalue weighted by molar-refractivity contribution is 0.0748. The number of benzene rings is 2. The Morgan fingerprint density at radius 3 is 2.44 bits per heavy atom. The molecule has 0 aliphatic carbocycles. The van der Waals surface area contributed by atoms with Crippen LogP contribution in [0.5, 0.6) is 0 Å². The van der Waals surface area contributed by atoms with E-state index in [1.807, 2.05) is 65.6 Å². The fraction of sp³-hybridized carbons (Fsp3) is 0.154. The summed E-state index contributed by atoms with van der Waals surface area (Å²) in [5.74, 6) is 0.788. The standard InChI is InChI=1S/C26H21N5O/c27-18-19-10-11-28-25(16-19)30-12-14-31(15-13-30)26(32)22-17-24(20-6-2-1-3-7-20)29-23-9-5-4-8-21(22)23/h1-11,16-17H,12-15H2. The van der Waals surface area contributed by atoms with Gasteiger partial charge in [-0.3, -0.25) is 4.79 Å². The van der Waals surface area contributed by atoms with Crippen molar-refractivity contribution in [3.8, 4) is 17.3 Å². The fourth-order valence-electron chi connectivity index (χ4n) is 4.08. The predicted octanol–water partition coefficient (Wildman–Crippen LogP) is 4.13. The molecular weight excluding hydrogens is 398 g/mol. The number of piperazine rings is 1. The van der Waals surface area contributed by atoms with Gasteiger partial charge in [-0.2, -0.15) is 5.26 Å². The maximum atomic E-state index is 13.6. The molecule has 0 spiro atoms. The van der Waals surface area contributed by atoms with E-state index in [2.05, 4.69) is 16.0 Å². The summed E-state index contributed by atoms with van der Waals surface area (Å²) < 4.78 is 0. The highest BCUT2D eigenvalue weighted by molar-refractivity contribution is 6.07. The van der Waals surface area contributed by atoms with Crippen LogP contribution in [0.3, 0.4) is 0 Å². The molecule has 156 valence electrons. The first kappa shape index (κ1) is 19.7. The number of para-hydroxylation sites is 1. The number of hydrogen-bond acceptors (Lipinski definition) is 5. The smallest absolute Gasteiger partial charge is 0.254 e.